The van der Waals surface area contributed by atoms with Crippen LogP contribution in [0.3, 0.4) is 0 Å². The van der Waals surface area contributed by atoms with Gasteiger partial charge in [-0.15, -0.1) is 0 Å². The van der Waals surface area contributed by atoms with E-state index in [0.717, 1.165) is 5.69 Å². The third-order valence-electron chi connectivity index (χ3n) is 4.54. The van der Waals surface area contributed by atoms with Gasteiger partial charge in [0.15, 0.2) is 6.10 Å². The fourth-order valence-corrected chi connectivity index (χ4v) is 2.94. The van der Waals surface area contributed by atoms with E-state index in [-0.39, 0.29) is 5.57 Å². The lowest BCUT2D eigenvalue weighted by Gasteiger charge is -2.21. The Morgan fingerprint density at radius 1 is 1.23 bits per heavy atom. The van der Waals surface area contributed by atoms with E-state index in [9.17, 15) is 15.3 Å². The minimum absolute atomic E-state index is 0.225. The molecule has 0 aromatic heterocycles. The normalized spacial score (nSPS) is 19.4. The number of carboxylic acids is 1. The van der Waals surface area contributed by atoms with E-state index in [0.29, 0.717) is 17.0 Å². The summed E-state index contributed by atoms with van der Waals surface area (Å²) in [5.74, 6) is -1.44. The zero-order valence-electron chi connectivity index (χ0n) is 16.1. The summed E-state index contributed by atoms with van der Waals surface area (Å²) < 4.78 is 5.30. The second kappa shape index (κ2) is 8.91. The molecule has 0 amide bonds. The number of para-hydroxylation sites is 1. The molecule has 0 aliphatic carbocycles. The van der Waals surface area contributed by atoms with Gasteiger partial charge in [0.2, 0.25) is 0 Å². The van der Waals surface area contributed by atoms with Crippen molar-refractivity contribution >= 4 is 23.4 Å². The second-order valence-corrected chi connectivity index (χ2v) is 6.60. The molecule has 8 heteroatoms. The molecular formula is C22H19N5O3. The third-order valence-corrected chi connectivity index (χ3v) is 4.54. The number of hydrogen-bond donors (Lipinski definition) is 2. The number of hydrazone groups is 1. The molecule has 1 aliphatic rings. The Morgan fingerprint density at radius 2 is 1.90 bits per heavy atom. The number of anilines is 1. The first kappa shape index (κ1) is 20.6. The number of ether oxygens (including phenoxy) is 1. The first-order chi connectivity index (χ1) is 14.4. The number of allylic oxidation sites excluding steroid dienone is 1. The van der Waals surface area contributed by atoms with Crippen molar-refractivity contribution in [3.8, 4) is 17.9 Å². The molecule has 1 heterocycles. The van der Waals surface area contributed by atoms with Crippen LogP contribution in [-0.4, -0.2) is 29.1 Å². The number of hydrogen-bond acceptors (Lipinski definition) is 7. The highest BCUT2D eigenvalue weighted by Crippen LogP contribution is 2.29. The van der Waals surface area contributed by atoms with Gasteiger partial charge in [-0.2, -0.15) is 15.6 Å². The average molecular weight is 401 g/mol. The molecule has 0 unspecified atom stereocenters. The molecule has 0 radical (unpaired) electrons. The van der Waals surface area contributed by atoms with Crippen LogP contribution < -0.4 is 15.5 Å². The monoisotopic (exact) mass is 401 g/mol. The molecule has 0 saturated carbocycles. The van der Waals surface area contributed by atoms with E-state index in [4.69, 9.17) is 15.6 Å². The van der Waals surface area contributed by atoms with E-state index in [1.165, 1.54) is 6.92 Å². The zero-order valence-corrected chi connectivity index (χ0v) is 16.1. The maximum Gasteiger partial charge on any atom is 0.344 e. The average Bonchev–Trinajstić information content (AvgIpc) is 3.09. The van der Waals surface area contributed by atoms with Crippen molar-refractivity contribution in [2.45, 2.75) is 19.2 Å². The van der Waals surface area contributed by atoms with Crippen LogP contribution in [0.1, 0.15) is 12.5 Å². The summed E-state index contributed by atoms with van der Waals surface area (Å²) in [5, 5.41) is 34.2. The van der Waals surface area contributed by atoms with Gasteiger partial charge in [-0.1, -0.05) is 30.3 Å². The highest BCUT2D eigenvalue weighted by Gasteiger charge is 2.37. The van der Waals surface area contributed by atoms with Gasteiger partial charge in [0.25, 0.3) is 0 Å². The molecule has 8 nitrogen and oxygen atoms in total. The summed E-state index contributed by atoms with van der Waals surface area (Å²) in [5.41, 5.74) is 8.15. The van der Waals surface area contributed by atoms with E-state index < -0.39 is 24.2 Å². The van der Waals surface area contributed by atoms with Crippen molar-refractivity contribution < 1.29 is 14.6 Å². The van der Waals surface area contributed by atoms with E-state index >= 15 is 0 Å². The zero-order chi connectivity index (χ0) is 21.7. The summed E-state index contributed by atoms with van der Waals surface area (Å²) in [6.45, 7) is 1.44. The van der Waals surface area contributed by atoms with Gasteiger partial charge in [0.1, 0.15) is 23.9 Å². The van der Waals surface area contributed by atoms with Crippen molar-refractivity contribution in [1.29, 1.82) is 10.5 Å². The number of nitriles is 2. The maximum atomic E-state index is 10.9. The minimum Gasteiger partial charge on any atom is -0.479 e. The summed E-state index contributed by atoms with van der Waals surface area (Å²) in [6, 6.07) is 20.0. The predicted molar refractivity (Wildman–Crippen MR) is 111 cm³/mol. The quantitative estimate of drug-likeness (QED) is 0.710. The third kappa shape index (κ3) is 4.30. The van der Waals surface area contributed by atoms with Gasteiger partial charge in [-0.25, -0.2) is 9.80 Å². The summed E-state index contributed by atoms with van der Waals surface area (Å²) in [7, 11) is 0. The number of nitrogens with two attached hydrogens (primary N) is 1. The van der Waals surface area contributed by atoms with Crippen molar-refractivity contribution in [3.05, 3.63) is 65.7 Å². The summed E-state index contributed by atoms with van der Waals surface area (Å²) >= 11 is 0. The Balaban J connectivity index is 1.89. The van der Waals surface area contributed by atoms with Crippen LogP contribution in [0.15, 0.2) is 65.3 Å². The van der Waals surface area contributed by atoms with Crippen molar-refractivity contribution in [1.82, 2.24) is 0 Å². The summed E-state index contributed by atoms with van der Waals surface area (Å²) in [6.07, 6.45) is -0.0809. The van der Waals surface area contributed by atoms with Crippen molar-refractivity contribution in [2.75, 3.05) is 5.01 Å². The molecule has 30 heavy (non-hydrogen) atoms. The molecule has 0 saturated heterocycles. The summed E-state index contributed by atoms with van der Waals surface area (Å²) in [4.78, 5) is 10.9. The van der Waals surface area contributed by atoms with Crippen LogP contribution in [0.2, 0.25) is 0 Å². The standard InChI is InChI=1S/C22H19N5O3/c1-14(22(28)29)30-18-9-7-15(8-10-18)11-16(12-23)20-19(13-24)21(25)27(26-20)17-5-3-2-4-6-17/h2-11,14,19,21H,25H2,1H3,(H,28,29)/b16-11-/t14-,19-,21-/m0/s1. The SMILES string of the molecule is C[C@H](Oc1ccc(/C=C(/C#N)C2=NN(c3ccccc3)[C@H](N)[C@H]2C#N)cc1)C(=O)O. The Morgan fingerprint density at radius 3 is 2.47 bits per heavy atom. The van der Waals surface area contributed by atoms with Crippen LogP contribution in [0, 0.1) is 28.6 Å². The molecule has 1 aliphatic heterocycles. The lowest BCUT2D eigenvalue weighted by Crippen LogP contribution is -2.40. The second-order valence-electron chi connectivity index (χ2n) is 6.60. The molecule has 3 rings (SSSR count). The van der Waals surface area contributed by atoms with Crippen LogP contribution in [0.5, 0.6) is 5.75 Å². The van der Waals surface area contributed by atoms with Gasteiger partial charge >= 0.3 is 5.97 Å². The first-order valence-corrected chi connectivity index (χ1v) is 9.14. The number of carbonyl (C=O) groups is 1. The lowest BCUT2D eigenvalue weighted by atomic mass is 9.95. The van der Waals surface area contributed by atoms with Crippen LogP contribution >= 0.6 is 0 Å². The Hall–Kier alpha value is -4.14. The van der Waals surface area contributed by atoms with Gasteiger partial charge < -0.3 is 15.6 Å². The molecule has 0 bridgehead atoms. The number of aliphatic carboxylic acids is 1. The number of rotatable bonds is 6. The maximum absolute atomic E-state index is 10.9. The molecular weight excluding hydrogens is 382 g/mol. The van der Waals surface area contributed by atoms with Gasteiger partial charge in [0.05, 0.1) is 23.0 Å². The van der Waals surface area contributed by atoms with Crippen molar-refractivity contribution in [3.63, 3.8) is 0 Å². The number of nitrogens with zero attached hydrogens (tertiary/aromatic N) is 4. The smallest absolute Gasteiger partial charge is 0.344 e. The first-order valence-electron chi connectivity index (χ1n) is 9.14. The highest BCUT2D eigenvalue weighted by molar-refractivity contribution is 6.11. The Bertz CT molecular complexity index is 1060. The van der Waals surface area contributed by atoms with Gasteiger partial charge in [0, 0.05) is 0 Å². The number of benzene rings is 2. The van der Waals surface area contributed by atoms with Crippen LogP contribution in [0.25, 0.3) is 6.08 Å². The van der Waals surface area contributed by atoms with E-state index in [1.807, 2.05) is 30.3 Å². The van der Waals surface area contributed by atoms with E-state index in [2.05, 4.69) is 17.2 Å². The topological polar surface area (TPSA) is 136 Å². The van der Waals surface area contributed by atoms with E-state index in [1.54, 1.807) is 35.4 Å². The van der Waals surface area contributed by atoms with Crippen LogP contribution in [-0.2, 0) is 4.79 Å². The fraction of sp³-hybridized carbons (Fsp3) is 0.182. The van der Waals surface area contributed by atoms with Crippen molar-refractivity contribution in [2.24, 2.45) is 16.8 Å². The largest absolute Gasteiger partial charge is 0.479 e. The number of carboxylic acid groups (broad SMARTS) is 1. The lowest BCUT2D eigenvalue weighted by molar-refractivity contribution is -0.144. The Labute approximate surface area is 173 Å². The molecule has 150 valence electrons. The molecule has 3 N–H and O–H groups in total. The molecule has 2 aromatic carbocycles. The molecule has 2 aromatic rings. The highest BCUT2D eigenvalue weighted by atomic mass is 16.5. The predicted octanol–water partition coefficient (Wildman–Crippen LogP) is 2.75. The molecule has 0 spiro atoms. The molecule has 3 atom stereocenters. The fourth-order valence-electron chi connectivity index (χ4n) is 2.94. The molecule has 0 fully saturated rings. The Kier molecular flexibility index (Phi) is 6.11. The van der Waals surface area contributed by atoms with Crippen LogP contribution in [0.4, 0.5) is 5.69 Å². The van der Waals surface area contributed by atoms with Gasteiger partial charge in [-0.05, 0) is 42.8 Å². The minimum atomic E-state index is -1.06. The van der Waals surface area contributed by atoms with Gasteiger partial charge in [-0.3, -0.25) is 0 Å².